The normalized spacial score (nSPS) is 14.4. The maximum Gasteiger partial charge on any atom is 0.290 e. The lowest BCUT2D eigenvalue weighted by atomic mass is 9.90. The average molecular weight is 144 g/mol. The van der Waals surface area contributed by atoms with Crippen molar-refractivity contribution in [1.82, 2.24) is 0 Å². The van der Waals surface area contributed by atoms with Gasteiger partial charge in [-0.25, -0.2) is 0 Å². The van der Waals surface area contributed by atoms with E-state index >= 15 is 0 Å². The number of carbonyl (C=O) groups is 1. The Kier molecular flexibility index (Phi) is 2.65. The average Bonchev–Trinajstić information content (AvgIpc) is 1.83. The molecule has 0 bridgehead atoms. The Morgan fingerprint density at radius 3 is 2.10 bits per heavy atom. The van der Waals surface area contributed by atoms with Gasteiger partial charge < -0.3 is 5.73 Å². The number of nitrogens with zero attached hydrogens (tertiary/aromatic N) is 1. The van der Waals surface area contributed by atoms with Crippen molar-refractivity contribution in [3.05, 3.63) is 4.91 Å². The van der Waals surface area contributed by atoms with Crippen LogP contribution >= 0.6 is 0 Å². The van der Waals surface area contributed by atoms with Crippen molar-refractivity contribution in [2.45, 2.75) is 26.3 Å². The summed E-state index contributed by atoms with van der Waals surface area (Å²) in [5.41, 5.74) is 4.87. The molecule has 0 fully saturated rings. The monoisotopic (exact) mass is 144 g/mol. The van der Waals surface area contributed by atoms with Crippen LogP contribution in [0.1, 0.15) is 20.8 Å². The van der Waals surface area contributed by atoms with E-state index in [0.29, 0.717) is 0 Å². The van der Waals surface area contributed by atoms with E-state index in [1.54, 1.807) is 20.8 Å². The minimum absolute atomic E-state index is 0.509. The molecule has 0 aromatic carbocycles. The van der Waals surface area contributed by atoms with Crippen LogP contribution < -0.4 is 5.73 Å². The second-order valence-corrected chi connectivity index (χ2v) is 2.97. The summed E-state index contributed by atoms with van der Waals surface area (Å²) in [5.74, 6) is -1.20. The fraction of sp³-hybridized carbons (Fsp3) is 0.833. The van der Waals surface area contributed by atoms with Gasteiger partial charge in [-0.3, -0.25) is 4.79 Å². The maximum absolute atomic E-state index is 10.6. The number of amides is 1. The zero-order valence-corrected chi connectivity index (χ0v) is 6.42. The molecule has 1 unspecified atom stereocenters. The largest absolute Gasteiger partial charge is 0.325 e. The van der Waals surface area contributed by atoms with E-state index < -0.39 is 17.4 Å². The summed E-state index contributed by atoms with van der Waals surface area (Å²) >= 11 is 0. The van der Waals surface area contributed by atoms with E-state index in [-0.39, 0.29) is 0 Å². The van der Waals surface area contributed by atoms with E-state index in [1.807, 2.05) is 0 Å². The zero-order chi connectivity index (χ0) is 8.36. The molecule has 0 heterocycles. The Balaban J connectivity index is 4.21. The summed E-state index contributed by atoms with van der Waals surface area (Å²) in [6.45, 7) is 4.95. The molecule has 0 spiro atoms. The second kappa shape index (κ2) is 2.88. The molecule has 0 aliphatic carbocycles. The molecule has 0 rings (SSSR count). The number of rotatable bonds is 2. The molecule has 1 atom stereocenters. The van der Waals surface area contributed by atoms with Gasteiger partial charge in [0.15, 0.2) is 0 Å². The Morgan fingerprint density at radius 1 is 1.60 bits per heavy atom. The summed E-state index contributed by atoms with van der Waals surface area (Å²) in [6.07, 6.45) is 0. The highest BCUT2D eigenvalue weighted by atomic mass is 16.3. The number of carbonyl (C=O) groups excluding carboxylic acids is 1. The molecule has 1 amide bonds. The van der Waals surface area contributed by atoms with Gasteiger partial charge in [0.25, 0.3) is 5.91 Å². The van der Waals surface area contributed by atoms with Crippen molar-refractivity contribution in [2.75, 3.05) is 0 Å². The lowest BCUT2D eigenvalue weighted by molar-refractivity contribution is -0.122. The third-order valence-corrected chi connectivity index (χ3v) is 1.58. The SMILES string of the molecule is CC(C(=O)N=O)C(C)(C)N. The van der Waals surface area contributed by atoms with Gasteiger partial charge in [-0.1, -0.05) is 6.92 Å². The minimum Gasteiger partial charge on any atom is -0.325 e. The first-order chi connectivity index (χ1) is 4.39. The fourth-order valence-electron chi connectivity index (χ4n) is 0.397. The predicted molar refractivity (Wildman–Crippen MR) is 38.2 cm³/mol. The topological polar surface area (TPSA) is 72.5 Å². The molecule has 4 nitrogen and oxygen atoms in total. The van der Waals surface area contributed by atoms with Gasteiger partial charge in [-0.2, -0.15) is 0 Å². The molecular formula is C6H12N2O2. The summed E-state index contributed by atoms with van der Waals surface area (Å²) in [7, 11) is 0. The summed E-state index contributed by atoms with van der Waals surface area (Å²) in [4.78, 5) is 20.3. The highest BCUT2D eigenvalue weighted by Gasteiger charge is 2.27. The van der Waals surface area contributed by atoms with Gasteiger partial charge in [0.1, 0.15) is 0 Å². The highest BCUT2D eigenvalue weighted by Crippen LogP contribution is 2.13. The van der Waals surface area contributed by atoms with Gasteiger partial charge in [-0.05, 0) is 13.8 Å². The van der Waals surface area contributed by atoms with Gasteiger partial charge in [0.05, 0.1) is 5.92 Å². The predicted octanol–water partition coefficient (Wildman–Crippen LogP) is 0.653. The summed E-state index contributed by atoms with van der Waals surface area (Å²) < 4.78 is 0. The highest BCUT2D eigenvalue weighted by molar-refractivity contribution is 5.80. The van der Waals surface area contributed by atoms with E-state index in [4.69, 9.17) is 5.73 Å². The second-order valence-electron chi connectivity index (χ2n) is 2.97. The Labute approximate surface area is 59.8 Å². The molecule has 2 N–H and O–H groups in total. The van der Waals surface area contributed by atoms with E-state index in [9.17, 15) is 9.70 Å². The van der Waals surface area contributed by atoms with Crippen LogP contribution in [0, 0.1) is 10.8 Å². The Morgan fingerprint density at radius 2 is 2.00 bits per heavy atom. The van der Waals surface area contributed by atoms with Gasteiger partial charge in [0, 0.05) is 10.7 Å². The number of hydrogen-bond donors (Lipinski definition) is 1. The number of hydrogen-bond acceptors (Lipinski definition) is 3. The van der Waals surface area contributed by atoms with Crippen molar-refractivity contribution in [2.24, 2.45) is 16.8 Å². The summed E-state index contributed by atoms with van der Waals surface area (Å²) in [5, 5.41) is 2.29. The minimum atomic E-state index is -0.688. The van der Waals surface area contributed by atoms with E-state index in [0.717, 1.165) is 0 Å². The third kappa shape index (κ3) is 2.23. The first-order valence-corrected chi connectivity index (χ1v) is 3.05. The van der Waals surface area contributed by atoms with Crippen LogP contribution in [0.2, 0.25) is 0 Å². The molecule has 0 aliphatic heterocycles. The van der Waals surface area contributed by atoms with Crippen LogP contribution in [-0.4, -0.2) is 11.4 Å². The first-order valence-electron chi connectivity index (χ1n) is 3.05. The van der Waals surface area contributed by atoms with Crippen LogP contribution in [0.15, 0.2) is 5.18 Å². The quantitative estimate of drug-likeness (QED) is 0.578. The smallest absolute Gasteiger partial charge is 0.290 e. The van der Waals surface area contributed by atoms with Crippen molar-refractivity contribution in [3.8, 4) is 0 Å². The molecule has 0 radical (unpaired) electrons. The molecule has 10 heavy (non-hydrogen) atoms. The molecule has 0 saturated carbocycles. The first kappa shape index (κ1) is 9.23. The Hall–Kier alpha value is -0.770. The van der Waals surface area contributed by atoms with Gasteiger partial charge >= 0.3 is 0 Å². The molecular weight excluding hydrogens is 132 g/mol. The van der Waals surface area contributed by atoms with Crippen molar-refractivity contribution < 1.29 is 4.79 Å². The standard InChI is InChI=1S/C6H12N2O2/c1-4(5(9)8-10)6(2,3)7/h4H,7H2,1-3H3. The number of nitroso groups, excluding NO2 is 1. The van der Waals surface area contributed by atoms with Crippen molar-refractivity contribution in [3.63, 3.8) is 0 Å². The summed E-state index contributed by atoms with van der Waals surface area (Å²) in [6, 6.07) is 0. The molecule has 4 heteroatoms. The molecule has 0 saturated heterocycles. The molecule has 0 aliphatic rings. The molecule has 0 aromatic rings. The molecule has 0 aromatic heterocycles. The zero-order valence-electron chi connectivity index (χ0n) is 6.42. The van der Waals surface area contributed by atoms with Crippen molar-refractivity contribution in [1.29, 1.82) is 0 Å². The van der Waals surface area contributed by atoms with Crippen LogP contribution in [-0.2, 0) is 4.79 Å². The van der Waals surface area contributed by atoms with Crippen molar-refractivity contribution >= 4 is 5.91 Å². The lowest BCUT2D eigenvalue weighted by Gasteiger charge is -2.22. The van der Waals surface area contributed by atoms with Crippen LogP contribution in [0.25, 0.3) is 0 Å². The number of nitrogens with two attached hydrogens (primary N) is 1. The van der Waals surface area contributed by atoms with Gasteiger partial charge in [-0.15, -0.1) is 4.91 Å². The maximum atomic E-state index is 10.6. The lowest BCUT2D eigenvalue weighted by Crippen LogP contribution is -2.42. The van der Waals surface area contributed by atoms with Crippen LogP contribution in [0.5, 0.6) is 0 Å². The van der Waals surface area contributed by atoms with Gasteiger partial charge in [0.2, 0.25) is 0 Å². The van der Waals surface area contributed by atoms with E-state index in [2.05, 4.69) is 5.18 Å². The third-order valence-electron chi connectivity index (χ3n) is 1.58. The van der Waals surface area contributed by atoms with E-state index in [1.165, 1.54) is 0 Å². The van der Waals surface area contributed by atoms with Crippen LogP contribution in [0.4, 0.5) is 0 Å². The fourth-order valence-corrected chi connectivity index (χ4v) is 0.397. The molecule has 58 valence electrons. The Bertz CT molecular complexity index is 148. The van der Waals surface area contributed by atoms with Crippen LogP contribution in [0.3, 0.4) is 0 Å².